The molecule has 5 aromatic rings. The van der Waals surface area contributed by atoms with Gasteiger partial charge in [0, 0.05) is 83.7 Å². The van der Waals surface area contributed by atoms with Gasteiger partial charge in [0.2, 0.25) is 11.8 Å². The van der Waals surface area contributed by atoms with Crippen molar-refractivity contribution in [3.8, 4) is 17.2 Å². The lowest BCUT2D eigenvalue weighted by Gasteiger charge is -2.18. The lowest BCUT2D eigenvalue weighted by molar-refractivity contribution is -0.139. The first-order valence-corrected chi connectivity index (χ1v) is 26.8. The van der Waals surface area contributed by atoms with E-state index in [1.54, 1.807) is 85.1 Å². The highest BCUT2D eigenvalue weighted by atomic mass is 35.5. The summed E-state index contributed by atoms with van der Waals surface area (Å²) in [5.74, 6) is -1.60. The fraction of sp³-hybridized carbons (Fsp3) is 0.277. The Bertz CT molecular complexity index is 3020. The van der Waals surface area contributed by atoms with Crippen molar-refractivity contribution in [3.63, 3.8) is 0 Å². The number of halogens is 2. The zero-order chi connectivity index (χ0) is 49.2. The fourth-order valence-electron chi connectivity index (χ4n) is 8.87. The summed E-state index contributed by atoms with van der Waals surface area (Å²) in [7, 11) is -9.95. The van der Waals surface area contributed by atoms with Crippen LogP contribution >= 0.6 is 50.6 Å². The molecule has 1 unspecified atom stereocenters. The van der Waals surface area contributed by atoms with Crippen LogP contribution in [0.5, 0.6) is 17.2 Å². The molecule has 8 rings (SSSR count). The van der Waals surface area contributed by atoms with Crippen molar-refractivity contribution in [1.29, 1.82) is 0 Å². The van der Waals surface area contributed by atoms with Crippen molar-refractivity contribution in [2.75, 3.05) is 67.3 Å². The Morgan fingerprint density at radius 1 is 0.710 bits per heavy atom. The second kappa shape index (κ2) is 21.0. The molecule has 0 aliphatic carbocycles. The minimum Gasteiger partial charge on any atom is -0.491 e. The number of fused-ring (bicyclic) bond motifs is 6. The molecule has 3 heterocycles. The molecule has 3 aliphatic heterocycles. The molecule has 3 atom stereocenters. The van der Waals surface area contributed by atoms with Gasteiger partial charge in [-0.1, -0.05) is 60.7 Å². The molecular formula is C47H45Cl2N3O14P2S. The van der Waals surface area contributed by atoms with Gasteiger partial charge in [-0.3, -0.25) is 43.7 Å². The first-order valence-electron chi connectivity index (χ1n) is 21.4. The molecule has 4 amide bonds. The second-order valence-corrected chi connectivity index (χ2v) is 20.2. The van der Waals surface area contributed by atoms with E-state index >= 15 is 0 Å². The molecule has 0 radical (unpaired) electrons. The maximum Gasteiger partial charge on any atom is 0.524 e. The number of alkyl halides is 2. The quantitative estimate of drug-likeness (QED) is 0.0218. The number of hydrogen-bond acceptors (Lipinski definition) is 11. The smallest absolute Gasteiger partial charge is 0.491 e. The zero-order valence-electron chi connectivity index (χ0n) is 36.7. The second-order valence-electron chi connectivity index (χ2n) is 16.2. The maximum atomic E-state index is 14.1. The van der Waals surface area contributed by atoms with Gasteiger partial charge >= 0.3 is 15.6 Å². The Hall–Kier alpha value is -5.23. The van der Waals surface area contributed by atoms with Crippen molar-refractivity contribution in [3.05, 3.63) is 113 Å². The number of benzene rings is 5. The number of carbonyl (C=O) groups is 4. The van der Waals surface area contributed by atoms with Gasteiger partial charge in [0.25, 0.3) is 11.8 Å². The van der Waals surface area contributed by atoms with Crippen LogP contribution < -0.4 is 23.6 Å². The number of anilines is 2. The summed E-state index contributed by atoms with van der Waals surface area (Å²) in [5.41, 5.74) is 3.24. The van der Waals surface area contributed by atoms with E-state index in [1.165, 1.54) is 50.7 Å². The van der Waals surface area contributed by atoms with Gasteiger partial charge in [-0.05, 0) is 51.9 Å². The normalized spacial score (nSPS) is 18.3. The van der Waals surface area contributed by atoms with Crippen LogP contribution in [0.2, 0.25) is 0 Å². The van der Waals surface area contributed by atoms with Crippen molar-refractivity contribution in [2.24, 2.45) is 0 Å². The van der Waals surface area contributed by atoms with E-state index in [1.807, 2.05) is 0 Å². The van der Waals surface area contributed by atoms with Crippen molar-refractivity contribution in [1.82, 2.24) is 4.90 Å². The predicted molar refractivity (Wildman–Crippen MR) is 264 cm³/mol. The van der Waals surface area contributed by atoms with E-state index in [-0.39, 0.29) is 92.8 Å². The van der Waals surface area contributed by atoms with Crippen LogP contribution in [-0.2, 0) is 33.0 Å². The minimum atomic E-state index is -4.98. The van der Waals surface area contributed by atoms with E-state index in [0.717, 1.165) is 11.1 Å². The van der Waals surface area contributed by atoms with Crippen LogP contribution in [0.25, 0.3) is 33.7 Å². The highest BCUT2D eigenvalue weighted by Gasteiger charge is 2.39. The number of thioether (sulfide) groups is 1. The summed E-state index contributed by atoms with van der Waals surface area (Å²) < 4.78 is 46.0. The average molecular weight is 1040 g/mol. The Balaban J connectivity index is 1.05. The number of ether oxygens (including phenoxy) is 2. The third kappa shape index (κ3) is 11.1. The Kier molecular flexibility index (Phi) is 15.3. The molecule has 17 nitrogen and oxygen atoms in total. The van der Waals surface area contributed by atoms with Crippen molar-refractivity contribution < 1.29 is 66.4 Å². The van der Waals surface area contributed by atoms with Gasteiger partial charge in [0.05, 0.1) is 36.4 Å². The Labute approximate surface area is 410 Å². The molecule has 0 aromatic heterocycles. The van der Waals surface area contributed by atoms with Crippen LogP contribution in [0.4, 0.5) is 11.4 Å². The van der Waals surface area contributed by atoms with E-state index in [2.05, 4.69) is 0 Å². The Morgan fingerprint density at radius 2 is 1.23 bits per heavy atom. The van der Waals surface area contributed by atoms with Crippen LogP contribution in [0, 0.1) is 0 Å². The number of imide groups is 1. The minimum absolute atomic E-state index is 0.0138. The van der Waals surface area contributed by atoms with E-state index in [9.17, 15) is 47.9 Å². The Morgan fingerprint density at radius 3 is 1.72 bits per heavy atom. The van der Waals surface area contributed by atoms with E-state index in [4.69, 9.17) is 41.7 Å². The standard InChI is InChI=1S/C47H45Cl2N3O14P2S/c1-69-41-23-44(55)50(47(41)56)16-17-63-18-19-64-38-20-28(11-14-42(53)51-26-30(24-48)45-34-8-4-2-6-32(34)39(21-36(45)51)65-67(57,58)59)10-12-29(38)13-15-43(54)52-27-31(25-49)46-35-9-5-3-7-33(35)40(22-37(46)52)66-68(60,61)62/h2-15,20-22,30-31,41H,16-19,23-27H2,1H3,(H2,57,58,59)(H2,60,61,62)/b14-11+,15-13+/t30-,31-,41?/m1/s1. The van der Waals surface area contributed by atoms with E-state index in [0.29, 0.717) is 49.8 Å². The highest BCUT2D eigenvalue weighted by molar-refractivity contribution is 8.00. The number of hydrogen-bond donors (Lipinski definition) is 4. The highest BCUT2D eigenvalue weighted by Crippen LogP contribution is 2.51. The number of rotatable bonds is 18. The van der Waals surface area contributed by atoms with Gasteiger partial charge in [0.15, 0.2) is 0 Å². The molecule has 1 saturated heterocycles. The average Bonchev–Trinajstić information content (AvgIpc) is 3.97. The van der Waals surface area contributed by atoms with Crippen LogP contribution in [0.3, 0.4) is 0 Å². The number of amides is 4. The lowest BCUT2D eigenvalue weighted by atomic mass is 9.95. The molecule has 69 heavy (non-hydrogen) atoms. The summed E-state index contributed by atoms with van der Waals surface area (Å²) in [6, 6.07) is 21.7. The third-order valence-electron chi connectivity index (χ3n) is 11.9. The topological polar surface area (TPSA) is 230 Å². The molecule has 1 fully saturated rings. The number of likely N-dealkylation sites (tertiary alicyclic amines) is 1. The lowest BCUT2D eigenvalue weighted by Crippen LogP contribution is -2.34. The summed E-state index contributed by atoms with van der Waals surface area (Å²) in [6.45, 7) is 0.624. The molecule has 0 saturated carbocycles. The maximum absolute atomic E-state index is 14.1. The van der Waals surface area contributed by atoms with Gasteiger partial charge in [-0.2, -0.15) is 11.8 Å². The summed E-state index contributed by atoms with van der Waals surface area (Å²) in [5, 5.41) is 1.76. The van der Waals surface area contributed by atoms with Crippen LogP contribution in [0.15, 0.2) is 91.0 Å². The summed E-state index contributed by atoms with van der Waals surface area (Å²) in [4.78, 5) is 95.8. The molecule has 4 N–H and O–H groups in total. The first-order chi connectivity index (χ1) is 33.0. The van der Waals surface area contributed by atoms with Crippen molar-refractivity contribution in [2.45, 2.75) is 23.5 Å². The SMILES string of the molecule is CSC1CC(=O)N(CCOCCOc2cc(/C=C/C(=O)N3C[C@@H](CCl)c4c3cc(OP(=O)(O)O)c3ccccc43)ccc2/C=C/C(=O)N2C[C@@H](CCl)c3c2cc(OP(=O)(O)O)c2ccccc32)C1=O. The molecule has 0 spiro atoms. The van der Waals surface area contributed by atoms with Gasteiger partial charge in [-0.25, -0.2) is 9.13 Å². The van der Waals surface area contributed by atoms with Crippen LogP contribution in [0.1, 0.15) is 40.5 Å². The monoisotopic (exact) mass is 1040 g/mol. The molecule has 3 aliphatic rings. The molecular weight excluding hydrogens is 995 g/mol. The molecule has 22 heteroatoms. The van der Waals surface area contributed by atoms with Gasteiger partial charge in [0.1, 0.15) is 23.9 Å². The molecule has 5 aromatic carbocycles. The largest absolute Gasteiger partial charge is 0.524 e. The van der Waals surface area contributed by atoms with Gasteiger partial charge in [-0.15, -0.1) is 23.2 Å². The summed E-state index contributed by atoms with van der Waals surface area (Å²) >= 11 is 14.2. The van der Waals surface area contributed by atoms with Crippen molar-refractivity contribution >= 4 is 119 Å². The number of phosphoric acid groups is 2. The zero-order valence-corrected chi connectivity index (χ0v) is 40.8. The number of nitrogens with zero attached hydrogens (tertiary/aromatic N) is 3. The van der Waals surface area contributed by atoms with E-state index < -0.39 is 32.7 Å². The predicted octanol–water partition coefficient (Wildman–Crippen LogP) is 7.59. The van der Waals surface area contributed by atoms with Crippen LogP contribution in [-0.4, -0.2) is 111 Å². The van der Waals surface area contributed by atoms with Gasteiger partial charge < -0.3 is 28.3 Å². The fourth-order valence-corrected chi connectivity index (χ4v) is 10.8. The number of phosphoric ester groups is 2. The first kappa shape index (κ1) is 50.2. The third-order valence-corrected chi connectivity index (χ3v) is 14.4. The summed E-state index contributed by atoms with van der Waals surface area (Å²) in [6.07, 6.45) is 7.70. The molecule has 362 valence electrons. The molecule has 0 bridgehead atoms. The number of carbonyl (C=O) groups excluding carboxylic acids is 4.